The zero-order valence-corrected chi connectivity index (χ0v) is 17.3. The van der Waals surface area contributed by atoms with Crippen molar-refractivity contribution in [3.8, 4) is 11.5 Å². The van der Waals surface area contributed by atoms with E-state index in [4.69, 9.17) is 0 Å². The lowest BCUT2D eigenvalue weighted by molar-refractivity contribution is 0.445. The van der Waals surface area contributed by atoms with Crippen LogP contribution in [0.15, 0.2) is 48.0 Å². The van der Waals surface area contributed by atoms with Crippen LogP contribution in [0.5, 0.6) is 11.5 Å². The van der Waals surface area contributed by atoms with Crippen molar-refractivity contribution in [2.24, 2.45) is 0 Å². The summed E-state index contributed by atoms with van der Waals surface area (Å²) in [4.78, 5) is 1.88. The molecular formula is C22H28N2O2S. The van der Waals surface area contributed by atoms with Crippen LogP contribution in [0.1, 0.15) is 37.5 Å². The Morgan fingerprint density at radius 1 is 1.19 bits per heavy atom. The van der Waals surface area contributed by atoms with Crippen molar-refractivity contribution in [2.75, 3.05) is 16.8 Å². The van der Waals surface area contributed by atoms with E-state index in [1.54, 1.807) is 0 Å². The van der Waals surface area contributed by atoms with Crippen molar-refractivity contribution in [3.63, 3.8) is 0 Å². The molecule has 0 aliphatic heterocycles. The van der Waals surface area contributed by atoms with Gasteiger partial charge < -0.3 is 20.4 Å². The van der Waals surface area contributed by atoms with Crippen LogP contribution in [-0.2, 0) is 6.42 Å². The van der Waals surface area contributed by atoms with E-state index in [0.29, 0.717) is 17.0 Å². The van der Waals surface area contributed by atoms with Gasteiger partial charge in [-0.15, -0.1) is 12.6 Å². The molecular weight excluding hydrogens is 356 g/mol. The zero-order chi connectivity index (χ0) is 20.1. The lowest BCUT2D eigenvalue weighted by atomic mass is 10.0. The van der Waals surface area contributed by atoms with Gasteiger partial charge in [0, 0.05) is 29.5 Å². The monoisotopic (exact) mass is 384 g/mol. The highest BCUT2D eigenvalue weighted by Crippen LogP contribution is 2.39. The van der Waals surface area contributed by atoms with Crippen molar-refractivity contribution in [1.29, 1.82) is 0 Å². The second kappa shape index (κ2) is 8.91. The molecule has 4 nitrogen and oxygen atoms in total. The van der Waals surface area contributed by atoms with Gasteiger partial charge in [0.05, 0.1) is 10.7 Å². The minimum Gasteiger partial charge on any atom is -0.508 e. The fourth-order valence-electron chi connectivity index (χ4n) is 3.07. The molecule has 0 amide bonds. The third-order valence-electron chi connectivity index (χ3n) is 4.47. The molecule has 3 N–H and O–H groups in total. The molecule has 0 heterocycles. The van der Waals surface area contributed by atoms with E-state index >= 15 is 0 Å². The summed E-state index contributed by atoms with van der Waals surface area (Å²) in [6.45, 7) is 12.8. The second-order valence-electron chi connectivity index (χ2n) is 6.31. The summed E-state index contributed by atoms with van der Waals surface area (Å²) in [6, 6.07) is 9.28. The SMILES string of the molecule is C=C(S)N(/C(=C\C)c1cc(CC)c(O)cc1O)c1ccc(C)c(NCC)c1. The molecule has 0 aliphatic rings. The predicted molar refractivity (Wildman–Crippen MR) is 119 cm³/mol. The topological polar surface area (TPSA) is 55.7 Å². The molecule has 0 radical (unpaired) electrons. The number of nitrogens with zero attached hydrogens (tertiary/aromatic N) is 1. The van der Waals surface area contributed by atoms with Crippen LogP contribution in [0.2, 0.25) is 0 Å². The van der Waals surface area contributed by atoms with Gasteiger partial charge in [0.15, 0.2) is 0 Å². The summed E-state index contributed by atoms with van der Waals surface area (Å²) in [5, 5.41) is 24.4. The van der Waals surface area contributed by atoms with Crippen LogP contribution in [0.4, 0.5) is 11.4 Å². The van der Waals surface area contributed by atoms with E-state index < -0.39 is 0 Å². The molecule has 0 bridgehead atoms. The van der Waals surface area contributed by atoms with Crippen LogP contribution >= 0.6 is 12.6 Å². The fraction of sp³-hybridized carbons (Fsp3) is 0.273. The van der Waals surface area contributed by atoms with Gasteiger partial charge >= 0.3 is 0 Å². The van der Waals surface area contributed by atoms with Gasteiger partial charge in [0.1, 0.15) is 11.5 Å². The van der Waals surface area contributed by atoms with Gasteiger partial charge in [-0.25, -0.2) is 0 Å². The smallest absolute Gasteiger partial charge is 0.128 e. The van der Waals surface area contributed by atoms with Gasteiger partial charge in [0.2, 0.25) is 0 Å². The molecule has 0 saturated carbocycles. The highest BCUT2D eigenvalue weighted by atomic mass is 32.1. The Balaban J connectivity index is 2.62. The van der Waals surface area contributed by atoms with E-state index in [9.17, 15) is 10.2 Å². The normalized spacial score (nSPS) is 11.4. The highest BCUT2D eigenvalue weighted by molar-refractivity contribution is 7.84. The molecule has 0 aliphatic carbocycles. The summed E-state index contributed by atoms with van der Waals surface area (Å²) in [6.07, 6.45) is 2.56. The first-order valence-electron chi connectivity index (χ1n) is 9.08. The van der Waals surface area contributed by atoms with Gasteiger partial charge in [0.25, 0.3) is 0 Å². The Bertz CT molecular complexity index is 875. The van der Waals surface area contributed by atoms with E-state index in [-0.39, 0.29) is 11.5 Å². The number of thiol groups is 1. The minimum atomic E-state index is 0.0106. The van der Waals surface area contributed by atoms with Crippen molar-refractivity contribution in [3.05, 3.63) is 64.7 Å². The Hall–Kier alpha value is -2.53. The third-order valence-corrected chi connectivity index (χ3v) is 4.67. The molecule has 0 aromatic heterocycles. The summed E-state index contributed by atoms with van der Waals surface area (Å²) >= 11 is 4.50. The minimum absolute atomic E-state index is 0.0106. The van der Waals surface area contributed by atoms with Gasteiger partial charge in [-0.3, -0.25) is 0 Å². The average molecular weight is 385 g/mol. The van der Waals surface area contributed by atoms with Crippen molar-refractivity contribution in [1.82, 2.24) is 0 Å². The Kier molecular flexibility index (Phi) is 6.86. The number of phenolic OH excluding ortho intramolecular Hbond substituents is 2. The number of hydrogen-bond acceptors (Lipinski definition) is 5. The Morgan fingerprint density at radius 3 is 2.44 bits per heavy atom. The molecule has 2 aromatic rings. The van der Waals surface area contributed by atoms with E-state index in [0.717, 1.165) is 34.7 Å². The van der Waals surface area contributed by atoms with E-state index in [1.807, 2.05) is 49.1 Å². The van der Waals surface area contributed by atoms with Gasteiger partial charge in [-0.2, -0.15) is 0 Å². The maximum Gasteiger partial charge on any atom is 0.128 e. The molecule has 2 rings (SSSR count). The van der Waals surface area contributed by atoms with E-state index in [1.165, 1.54) is 6.07 Å². The number of anilines is 2. The van der Waals surface area contributed by atoms with Crippen LogP contribution in [-0.4, -0.2) is 16.8 Å². The Morgan fingerprint density at radius 2 is 1.89 bits per heavy atom. The second-order valence-corrected chi connectivity index (χ2v) is 6.82. The number of phenols is 2. The average Bonchev–Trinajstić information content (AvgIpc) is 2.62. The number of aromatic hydroxyl groups is 2. The number of hydrogen-bond donors (Lipinski definition) is 4. The first-order valence-corrected chi connectivity index (χ1v) is 9.52. The molecule has 0 atom stereocenters. The number of allylic oxidation sites excluding steroid dienone is 1. The highest BCUT2D eigenvalue weighted by Gasteiger charge is 2.20. The fourth-order valence-corrected chi connectivity index (χ4v) is 3.30. The Labute approximate surface area is 167 Å². The molecule has 0 unspecified atom stereocenters. The van der Waals surface area contributed by atoms with Crippen LogP contribution in [0.3, 0.4) is 0 Å². The predicted octanol–water partition coefficient (Wildman–Crippen LogP) is 5.67. The third kappa shape index (κ3) is 4.42. The summed E-state index contributed by atoms with van der Waals surface area (Å²) < 4.78 is 0. The lowest BCUT2D eigenvalue weighted by Gasteiger charge is -2.29. The molecule has 0 spiro atoms. The largest absolute Gasteiger partial charge is 0.508 e. The molecule has 27 heavy (non-hydrogen) atoms. The van der Waals surface area contributed by atoms with Gasteiger partial charge in [-0.05, 0) is 56.5 Å². The van der Waals surface area contributed by atoms with Crippen molar-refractivity contribution in [2.45, 2.75) is 34.1 Å². The van der Waals surface area contributed by atoms with Gasteiger partial charge in [-0.1, -0.05) is 25.6 Å². The number of aryl methyl sites for hydroxylation is 2. The van der Waals surface area contributed by atoms with E-state index in [2.05, 4.69) is 38.4 Å². The van der Waals surface area contributed by atoms with Crippen LogP contribution < -0.4 is 10.2 Å². The summed E-state index contributed by atoms with van der Waals surface area (Å²) in [5.41, 5.74) is 5.20. The number of rotatable bonds is 7. The van der Waals surface area contributed by atoms with Crippen molar-refractivity contribution >= 4 is 29.7 Å². The molecule has 0 saturated heterocycles. The molecule has 5 heteroatoms. The van der Waals surface area contributed by atoms with Crippen LogP contribution in [0.25, 0.3) is 5.70 Å². The first kappa shape index (κ1) is 20.8. The van der Waals surface area contributed by atoms with Crippen molar-refractivity contribution < 1.29 is 10.2 Å². The first-order chi connectivity index (χ1) is 12.8. The summed E-state index contributed by atoms with van der Waals surface area (Å²) in [7, 11) is 0. The molecule has 0 fully saturated rings. The zero-order valence-electron chi connectivity index (χ0n) is 16.4. The quantitative estimate of drug-likeness (QED) is 0.465. The lowest BCUT2D eigenvalue weighted by Crippen LogP contribution is -2.18. The molecule has 144 valence electrons. The maximum absolute atomic E-state index is 10.5. The number of nitrogens with one attached hydrogen (secondary N) is 1. The summed E-state index contributed by atoms with van der Waals surface area (Å²) in [5.74, 6) is 0.103. The molecule has 2 aromatic carbocycles. The maximum atomic E-state index is 10.5. The van der Waals surface area contributed by atoms with Crippen LogP contribution in [0, 0.1) is 6.92 Å². The standard InChI is InChI=1S/C22H28N2O2S/c1-6-16-11-18(22(26)13-21(16)25)20(7-2)24(15(5)27)17-10-9-14(4)19(12-17)23-8-3/h7,9-13,23,25-27H,5-6,8H2,1-4H3/b20-7-. The number of benzene rings is 2.